The standard InChI is InChI=1S/C16H19NO/c1-11-7-6-10-15(12(11)2)18-16-9-5-4-8-14(16)13(3)17/h4-10,13H,17H2,1-3H3. The van der Waals surface area contributed by atoms with Crippen LogP contribution in [0.5, 0.6) is 11.5 Å². The van der Waals surface area contributed by atoms with E-state index >= 15 is 0 Å². The first-order chi connectivity index (χ1) is 8.59. The van der Waals surface area contributed by atoms with Gasteiger partial charge in [0.1, 0.15) is 11.5 Å². The molecule has 1 unspecified atom stereocenters. The van der Waals surface area contributed by atoms with E-state index in [0.29, 0.717) is 0 Å². The quantitative estimate of drug-likeness (QED) is 0.877. The normalized spacial score (nSPS) is 12.2. The summed E-state index contributed by atoms with van der Waals surface area (Å²) in [7, 11) is 0. The summed E-state index contributed by atoms with van der Waals surface area (Å²) in [5, 5.41) is 0. The molecular formula is C16H19NO. The molecule has 94 valence electrons. The predicted octanol–water partition coefficient (Wildman–Crippen LogP) is 4.12. The van der Waals surface area contributed by atoms with Crippen molar-refractivity contribution >= 4 is 0 Å². The van der Waals surface area contributed by atoms with E-state index < -0.39 is 0 Å². The summed E-state index contributed by atoms with van der Waals surface area (Å²) in [5.41, 5.74) is 9.37. The number of para-hydroxylation sites is 1. The molecule has 0 aromatic heterocycles. The molecule has 0 radical (unpaired) electrons. The lowest BCUT2D eigenvalue weighted by atomic mass is 10.1. The molecule has 2 heteroatoms. The van der Waals surface area contributed by atoms with Gasteiger partial charge in [0.15, 0.2) is 0 Å². The summed E-state index contributed by atoms with van der Waals surface area (Å²) in [6.45, 7) is 6.12. The van der Waals surface area contributed by atoms with E-state index in [-0.39, 0.29) is 6.04 Å². The highest BCUT2D eigenvalue weighted by Crippen LogP contribution is 2.31. The molecule has 0 spiro atoms. The number of rotatable bonds is 3. The molecule has 0 amide bonds. The van der Waals surface area contributed by atoms with E-state index in [0.717, 1.165) is 22.6 Å². The van der Waals surface area contributed by atoms with Crippen LogP contribution in [0.3, 0.4) is 0 Å². The van der Waals surface area contributed by atoms with Crippen LogP contribution in [0.1, 0.15) is 29.7 Å². The fourth-order valence-electron chi connectivity index (χ4n) is 1.90. The summed E-state index contributed by atoms with van der Waals surface area (Å²) >= 11 is 0. The lowest BCUT2D eigenvalue weighted by molar-refractivity contribution is 0.468. The van der Waals surface area contributed by atoms with Crippen LogP contribution in [0.4, 0.5) is 0 Å². The van der Waals surface area contributed by atoms with Gasteiger partial charge in [0.2, 0.25) is 0 Å². The highest BCUT2D eigenvalue weighted by atomic mass is 16.5. The third-order valence-corrected chi connectivity index (χ3v) is 3.18. The first-order valence-corrected chi connectivity index (χ1v) is 6.18. The van der Waals surface area contributed by atoms with Crippen molar-refractivity contribution in [1.82, 2.24) is 0 Å². The van der Waals surface area contributed by atoms with Crippen LogP contribution < -0.4 is 10.5 Å². The van der Waals surface area contributed by atoms with Gasteiger partial charge in [-0.15, -0.1) is 0 Å². The second-order valence-corrected chi connectivity index (χ2v) is 4.63. The molecule has 2 aromatic rings. The topological polar surface area (TPSA) is 35.2 Å². The van der Waals surface area contributed by atoms with E-state index in [1.54, 1.807) is 0 Å². The Hall–Kier alpha value is -1.80. The van der Waals surface area contributed by atoms with Gasteiger partial charge in [-0.1, -0.05) is 30.3 Å². The SMILES string of the molecule is Cc1cccc(Oc2ccccc2C(C)N)c1C. The van der Waals surface area contributed by atoms with Gasteiger partial charge in [0.25, 0.3) is 0 Å². The molecular weight excluding hydrogens is 222 g/mol. The maximum Gasteiger partial charge on any atom is 0.132 e. The van der Waals surface area contributed by atoms with Crippen LogP contribution in [-0.2, 0) is 0 Å². The van der Waals surface area contributed by atoms with Crippen LogP contribution >= 0.6 is 0 Å². The number of aryl methyl sites for hydroxylation is 1. The average molecular weight is 241 g/mol. The maximum atomic E-state index is 6.00. The maximum absolute atomic E-state index is 6.00. The smallest absolute Gasteiger partial charge is 0.132 e. The van der Waals surface area contributed by atoms with Crippen LogP contribution in [0.25, 0.3) is 0 Å². The Labute approximate surface area is 108 Å². The molecule has 2 aromatic carbocycles. The summed E-state index contributed by atoms with van der Waals surface area (Å²) in [5.74, 6) is 1.73. The van der Waals surface area contributed by atoms with Gasteiger partial charge in [0, 0.05) is 11.6 Å². The minimum atomic E-state index is -0.0358. The molecule has 2 nitrogen and oxygen atoms in total. The van der Waals surface area contributed by atoms with Gasteiger partial charge < -0.3 is 10.5 Å². The molecule has 0 saturated heterocycles. The van der Waals surface area contributed by atoms with Crippen molar-refractivity contribution in [3.05, 3.63) is 59.2 Å². The summed E-state index contributed by atoms with van der Waals surface area (Å²) in [4.78, 5) is 0. The molecule has 2 rings (SSSR count). The first kappa shape index (κ1) is 12.7. The van der Waals surface area contributed by atoms with Gasteiger partial charge in [-0.2, -0.15) is 0 Å². The highest BCUT2D eigenvalue weighted by Gasteiger charge is 2.09. The van der Waals surface area contributed by atoms with Crippen LogP contribution in [-0.4, -0.2) is 0 Å². The Morgan fingerprint density at radius 3 is 2.33 bits per heavy atom. The minimum Gasteiger partial charge on any atom is -0.457 e. The van der Waals surface area contributed by atoms with Crippen LogP contribution in [0.15, 0.2) is 42.5 Å². The molecule has 0 heterocycles. The first-order valence-electron chi connectivity index (χ1n) is 6.18. The minimum absolute atomic E-state index is 0.0358. The van der Waals surface area contributed by atoms with Crippen LogP contribution in [0, 0.1) is 13.8 Å². The molecule has 0 aliphatic heterocycles. The Morgan fingerprint density at radius 1 is 0.944 bits per heavy atom. The monoisotopic (exact) mass is 241 g/mol. The summed E-state index contributed by atoms with van der Waals surface area (Å²) < 4.78 is 6.00. The fraction of sp³-hybridized carbons (Fsp3) is 0.250. The van der Waals surface area contributed by atoms with E-state index in [1.807, 2.05) is 43.3 Å². The molecule has 0 bridgehead atoms. The largest absolute Gasteiger partial charge is 0.457 e. The van der Waals surface area contributed by atoms with Gasteiger partial charge in [-0.3, -0.25) is 0 Å². The second-order valence-electron chi connectivity index (χ2n) is 4.63. The molecule has 1 atom stereocenters. The van der Waals surface area contributed by atoms with E-state index in [9.17, 15) is 0 Å². The summed E-state index contributed by atoms with van der Waals surface area (Å²) in [6.07, 6.45) is 0. The van der Waals surface area contributed by atoms with Crippen molar-refractivity contribution in [3.8, 4) is 11.5 Å². The van der Waals surface area contributed by atoms with Crippen molar-refractivity contribution in [3.63, 3.8) is 0 Å². The molecule has 0 saturated carbocycles. The predicted molar refractivity (Wildman–Crippen MR) is 75.0 cm³/mol. The van der Waals surface area contributed by atoms with Crippen LogP contribution in [0.2, 0.25) is 0 Å². The van der Waals surface area contributed by atoms with Crippen molar-refractivity contribution in [2.45, 2.75) is 26.8 Å². The number of benzene rings is 2. The summed E-state index contributed by atoms with van der Waals surface area (Å²) in [6, 6.07) is 13.9. The molecule has 0 fully saturated rings. The van der Waals surface area contributed by atoms with Gasteiger partial charge >= 0.3 is 0 Å². The number of ether oxygens (including phenoxy) is 1. The zero-order valence-electron chi connectivity index (χ0n) is 11.1. The van der Waals surface area contributed by atoms with Gasteiger partial charge in [-0.05, 0) is 44.0 Å². The molecule has 0 aliphatic carbocycles. The lowest BCUT2D eigenvalue weighted by Gasteiger charge is -2.15. The Bertz CT molecular complexity index is 547. The van der Waals surface area contributed by atoms with E-state index in [2.05, 4.69) is 19.9 Å². The van der Waals surface area contributed by atoms with Crippen molar-refractivity contribution in [2.24, 2.45) is 5.73 Å². The zero-order chi connectivity index (χ0) is 13.1. The number of hydrogen-bond acceptors (Lipinski definition) is 2. The van der Waals surface area contributed by atoms with Crippen molar-refractivity contribution < 1.29 is 4.74 Å². The van der Waals surface area contributed by atoms with Crippen molar-refractivity contribution in [2.75, 3.05) is 0 Å². The zero-order valence-corrected chi connectivity index (χ0v) is 11.1. The van der Waals surface area contributed by atoms with Gasteiger partial charge in [-0.25, -0.2) is 0 Å². The Balaban J connectivity index is 2.37. The fourth-order valence-corrected chi connectivity index (χ4v) is 1.90. The van der Waals surface area contributed by atoms with Crippen molar-refractivity contribution in [1.29, 1.82) is 0 Å². The number of nitrogens with two attached hydrogens (primary N) is 1. The number of hydrogen-bond donors (Lipinski definition) is 1. The Kier molecular flexibility index (Phi) is 3.68. The Morgan fingerprint density at radius 2 is 1.61 bits per heavy atom. The highest BCUT2D eigenvalue weighted by molar-refractivity contribution is 5.44. The molecule has 18 heavy (non-hydrogen) atoms. The van der Waals surface area contributed by atoms with E-state index in [4.69, 9.17) is 10.5 Å². The third kappa shape index (κ3) is 2.54. The second kappa shape index (κ2) is 5.23. The van der Waals surface area contributed by atoms with Gasteiger partial charge in [0.05, 0.1) is 0 Å². The third-order valence-electron chi connectivity index (χ3n) is 3.18. The average Bonchev–Trinajstić information content (AvgIpc) is 2.35. The molecule has 2 N–H and O–H groups in total. The molecule has 0 aliphatic rings. The van der Waals surface area contributed by atoms with E-state index in [1.165, 1.54) is 5.56 Å². The lowest BCUT2D eigenvalue weighted by Crippen LogP contribution is -2.06.